The van der Waals surface area contributed by atoms with Crippen LogP contribution in [0.1, 0.15) is 6.42 Å². The number of likely N-dealkylation sites (tertiary alicyclic amines) is 1. The Morgan fingerprint density at radius 3 is 2.82 bits per heavy atom. The number of halogens is 1. The number of carbonyl (C=O) groups excluding carboxylic acids is 1. The highest BCUT2D eigenvalue weighted by Crippen LogP contribution is 2.29. The van der Waals surface area contributed by atoms with Crippen LogP contribution < -0.4 is 10.6 Å². The summed E-state index contributed by atoms with van der Waals surface area (Å²) >= 11 is 5.96. The van der Waals surface area contributed by atoms with E-state index in [-0.39, 0.29) is 11.9 Å². The van der Waals surface area contributed by atoms with E-state index in [1.807, 2.05) is 19.0 Å². The van der Waals surface area contributed by atoms with Crippen LogP contribution in [0.25, 0.3) is 0 Å². The highest BCUT2D eigenvalue weighted by Gasteiger charge is 2.32. The molecule has 0 saturated carbocycles. The van der Waals surface area contributed by atoms with E-state index in [4.69, 9.17) is 17.3 Å². The molecular formula is C12H16ClN3O. The molecule has 2 rings (SSSR count). The van der Waals surface area contributed by atoms with Crippen molar-refractivity contribution in [2.75, 3.05) is 31.3 Å². The monoisotopic (exact) mass is 253 g/mol. The molecule has 1 heterocycles. The molecule has 1 aliphatic rings. The van der Waals surface area contributed by atoms with Crippen molar-refractivity contribution in [3.8, 4) is 0 Å². The Labute approximate surface area is 106 Å². The number of anilines is 2. The first kappa shape index (κ1) is 12.0. The average Bonchev–Trinajstić information content (AvgIpc) is 2.62. The number of carbonyl (C=O) groups is 1. The van der Waals surface area contributed by atoms with Crippen LogP contribution in [-0.2, 0) is 4.79 Å². The summed E-state index contributed by atoms with van der Waals surface area (Å²) in [7, 11) is 3.70. The summed E-state index contributed by atoms with van der Waals surface area (Å²) in [6.45, 7) is 0.786. The Morgan fingerprint density at radius 2 is 2.24 bits per heavy atom. The van der Waals surface area contributed by atoms with Crippen molar-refractivity contribution in [3.63, 3.8) is 0 Å². The smallest absolute Gasteiger partial charge is 0.245 e. The summed E-state index contributed by atoms with van der Waals surface area (Å²) in [5, 5.41) is 0.625. The van der Waals surface area contributed by atoms with Crippen LogP contribution in [-0.4, -0.2) is 37.5 Å². The fourth-order valence-electron chi connectivity index (χ4n) is 2.15. The number of amides is 1. The minimum Gasteiger partial charge on any atom is -0.397 e. The van der Waals surface area contributed by atoms with Gasteiger partial charge >= 0.3 is 0 Å². The van der Waals surface area contributed by atoms with Gasteiger partial charge in [-0.3, -0.25) is 4.79 Å². The van der Waals surface area contributed by atoms with Crippen molar-refractivity contribution in [1.29, 1.82) is 0 Å². The Kier molecular flexibility index (Phi) is 3.15. The number of nitrogen functional groups attached to an aromatic ring is 1. The van der Waals surface area contributed by atoms with Gasteiger partial charge in [-0.1, -0.05) is 11.6 Å². The van der Waals surface area contributed by atoms with E-state index in [9.17, 15) is 4.79 Å². The minimum absolute atomic E-state index is 0.131. The molecule has 1 aromatic carbocycles. The molecule has 1 saturated heterocycles. The number of nitrogens with two attached hydrogens (primary N) is 1. The Hall–Kier alpha value is -1.42. The van der Waals surface area contributed by atoms with Gasteiger partial charge in [-0.05, 0) is 24.6 Å². The number of benzene rings is 1. The van der Waals surface area contributed by atoms with E-state index in [0.29, 0.717) is 10.7 Å². The normalized spacial score (nSPS) is 19.8. The molecule has 1 atom stereocenters. The van der Waals surface area contributed by atoms with Gasteiger partial charge < -0.3 is 15.5 Å². The predicted molar refractivity (Wildman–Crippen MR) is 70.3 cm³/mol. The zero-order valence-electron chi connectivity index (χ0n) is 9.98. The second-order valence-electron chi connectivity index (χ2n) is 4.38. The first-order chi connectivity index (χ1) is 8.00. The van der Waals surface area contributed by atoms with Crippen LogP contribution in [0.15, 0.2) is 18.2 Å². The second kappa shape index (κ2) is 4.45. The zero-order valence-corrected chi connectivity index (χ0v) is 10.7. The van der Waals surface area contributed by atoms with Gasteiger partial charge in [0.15, 0.2) is 0 Å². The van der Waals surface area contributed by atoms with Crippen LogP contribution in [0.4, 0.5) is 11.4 Å². The van der Waals surface area contributed by atoms with Crippen molar-refractivity contribution in [2.24, 2.45) is 0 Å². The lowest BCUT2D eigenvalue weighted by Crippen LogP contribution is -2.38. The third kappa shape index (κ3) is 2.17. The highest BCUT2D eigenvalue weighted by molar-refractivity contribution is 6.31. The summed E-state index contributed by atoms with van der Waals surface area (Å²) in [5.74, 6) is 0.131. The lowest BCUT2D eigenvalue weighted by Gasteiger charge is -2.26. The lowest BCUT2D eigenvalue weighted by atomic mass is 10.1. The maximum Gasteiger partial charge on any atom is 0.245 e. The maximum absolute atomic E-state index is 11.9. The Morgan fingerprint density at radius 1 is 1.53 bits per heavy atom. The van der Waals surface area contributed by atoms with Gasteiger partial charge in [0.05, 0.1) is 11.4 Å². The standard InChI is InChI=1S/C12H16ClN3O/c1-15-6-5-10(12(15)17)16(2)11-7-8(13)3-4-9(11)14/h3-4,7,10H,5-6,14H2,1-2H3. The summed E-state index contributed by atoms with van der Waals surface area (Å²) in [4.78, 5) is 15.6. The molecule has 5 heteroatoms. The van der Waals surface area contributed by atoms with Crippen LogP contribution in [0.3, 0.4) is 0 Å². The molecule has 0 spiro atoms. The molecule has 1 amide bonds. The van der Waals surface area contributed by atoms with Crippen molar-refractivity contribution in [1.82, 2.24) is 4.90 Å². The quantitative estimate of drug-likeness (QED) is 0.815. The number of hydrogen-bond donors (Lipinski definition) is 1. The van der Waals surface area contributed by atoms with Gasteiger partial charge in [-0.2, -0.15) is 0 Å². The molecule has 1 aliphatic heterocycles. The first-order valence-corrected chi connectivity index (χ1v) is 5.91. The number of hydrogen-bond acceptors (Lipinski definition) is 3. The Balaban J connectivity index is 2.28. The SMILES string of the molecule is CN1CCC(N(C)c2cc(Cl)ccc2N)C1=O. The number of nitrogens with zero attached hydrogens (tertiary/aromatic N) is 2. The summed E-state index contributed by atoms with van der Waals surface area (Å²) in [6.07, 6.45) is 0.817. The second-order valence-corrected chi connectivity index (χ2v) is 4.81. The molecule has 0 aliphatic carbocycles. The molecule has 0 aromatic heterocycles. The molecule has 0 radical (unpaired) electrons. The van der Waals surface area contributed by atoms with E-state index in [0.717, 1.165) is 18.7 Å². The fraction of sp³-hybridized carbons (Fsp3) is 0.417. The summed E-state index contributed by atoms with van der Waals surface area (Å²) < 4.78 is 0. The van der Waals surface area contributed by atoms with Crippen molar-refractivity contribution >= 4 is 28.9 Å². The van der Waals surface area contributed by atoms with E-state index >= 15 is 0 Å². The molecule has 4 nitrogen and oxygen atoms in total. The van der Waals surface area contributed by atoms with E-state index in [1.54, 1.807) is 23.1 Å². The van der Waals surface area contributed by atoms with Crippen molar-refractivity contribution in [3.05, 3.63) is 23.2 Å². The molecule has 2 N–H and O–H groups in total. The van der Waals surface area contributed by atoms with Crippen LogP contribution in [0.5, 0.6) is 0 Å². The number of rotatable bonds is 2. The zero-order chi connectivity index (χ0) is 12.6. The van der Waals surface area contributed by atoms with Gasteiger partial charge in [0.2, 0.25) is 5.91 Å². The molecule has 1 unspecified atom stereocenters. The Bertz CT molecular complexity index is 449. The van der Waals surface area contributed by atoms with Crippen LogP contribution >= 0.6 is 11.6 Å². The van der Waals surface area contributed by atoms with Crippen molar-refractivity contribution < 1.29 is 4.79 Å². The first-order valence-electron chi connectivity index (χ1n) is 5.53. The lowest BCUT2D eigenvalue weighted by molar-refractivity contribution is -0.127. The van der Waals surface area contributed by atoms with E-state index in [1.165, 1.54) is 0 Å². The van der Waals surface area contributed by atoms with Gasteiger partial charge in [-0.25, -0.2) is 0 Å². The van der Waals surface area contributed by atoms with E-state index in [2.05, 4.69) is 0 Å². The molecule has 1 aromatic rings. The van der Waals surface area contributed by atoms with Gasteiger partial charge in [0, 0.05) is 25.7 Å². The molecule has 92 valence electrons. The summed E-state index contributed by atoms with van der Waals surface area (Å²) in [5.41, 5.74) is 7.36. The third-order valence-electron chi connectivity index (χ3n) is 3.24. The van der Waals surface area contributed by atoms with E-state index < -0.39 is 0 Å². The minimum atomic E-state index is -0.138. The maximum atomic E-state index is 11.9. The van der Waals surface area contributed by atoms with Gasteiger partial charge in [-0.15, -0.1) is 0 Å². The molecule has 17 heavy (non-hydrogen) atoms. The average molecular weight is 254 g/mol. The highest BCUT2D eigenvalue weighted by atomic mass is 35.5. The predicted octanol–water partition coefficient (Wildman–Crippen LogP) is 1.59. The van der Waals surface area contributed by atoms with Gasteiger partial charge in [0.1, 0.15) is 6.04 Å². The molecule has 1 fully saturated rings. The molecule has 0 bridgehead atoms. The van der Waals surface area contributed by atoms with Crippen molar-refractivity contribution in [2.45, 2.75) is 12.5 Å². The fourth-order valence-corrected chi connectivity index (χ4v) is 2.32. The topological polar surface area (TPSA) is 49.6 Å². The third-order valence-corrected chi connectivity index (χ3v) is 3.47. The number of likely N-dealkylation sites (N-methyl/N-ethyl adjacent to an activating group) is 2. The molecular weight excluding hydrogens is 238 g/mol. The largest absolute Gasteiger partial charge is 0.397 e. The van der Waals surface area contributed by atoms with Crippen LogP contribution in [0, 0.1) is 0 Å². The van der Waals surface area contributed by atoms with Gasteiger partial charge in [0.25, 0.3) is 0 Å². The summed E-state index contributed by atoms with van der Waals surface area (Å²) in [6, 6.07) is 5.16. The van der Waals surface area contributed by atoms with Crippen LogP contribution in [0.2, 0.25) is 5.02 Å².